The van der Waals surface area contributed by atoms with E-state index < -0.39 is 18.1 Å². The Bertz CT molecular complexity index is 1040. The highest BCUT2D eigenvalue weighted by Gasteiger charge is 2.33. The van der Waals surface area contributed by atoms with Gasteiger partial charge in [0.2, 0.25) is 5.91 Å². The van der Waals surface area contributed by atoms with Crippen molar-refractivity contribution in [2.24, 2.45) is 11.8 Å². The first kappa shape index (κ1) is 24.8. The Balaban J connectivity index is 1.39. The van der Waals surface area contributed by atoms with Gasteiger partial charge in [-0.05, 0) is 53.4 Å². The van der Waals surface area contributed by atoms with Gasteiger partial charge in [0.1, 0.15) is 12.6 Å². The van der Waals surface area contributed by atoms with Gasteiger partial charge in [-0.2, -0.15) is 0 Å². The molecule has 0 saturated carbocycles. The van der Waals surface area contributed by atoms with Crippen LogP contribution in [-0.4, -0.2) is 53.7 Å². The molecule has 0 radical (unpaired) electrons. The number of aliphatic carboxylic acids is 1. The van der Waals surface area contributed by atoms with Crippen molar-refractivity contribution >= 4 is 18.0 Å². The first-order valence-corrected chi connectivity index (χ1v) is 12.5. The number of likely N-dealkylation sites (tertiary alicyclic amines) is 1. The number of alkyl carbamates (subject to hydrolysis) is 1. The highest BCUT2D eigenvalue weighted by Crippen LogP contribution is 2.44. The van der Waals surface area contributed by atoms with Crippen LogP contribution in [0.3, 0.4) is 0 Å². The molecule has 2 N–H and O–H groups in total. The number of nitrogens with one attached hydrogen (secondary N) is 1. The van der Waals surface area contributed by atoms with Gasteiger partial charge >= 0.3 is 12.1 Å². The van der Waals surface area contributed by atoms with Crippen LogP contribution in [0.4, 0.5) is 4.79 Å². The maximum atomic E-state index is 13.2. The molecule has 2 aromatic rings. The molecule has 2 aliphatic rings. The molecule has 0 spiro atoms. The number of ether oxygens (including phenoxy) is 1. The van der Waals surface area contributed by atoms with E-state index in [1.807, 2.05) is 36.4 Å². The van der Waals surface area contributed by atoms with E-state index in [9.17, 15) is 14.4 Å². The maximum absolute atomic E-state index is 13.2. The summed E-state index contributed by atoms with van der Waals surface area (Å²) in [4.78, 5) is 38.9. The Morgan fingerprint density at radius 2 is 1.69 bits per heavy atom. The number of hydrogen-bond acceptors (Lipinski definition) is 4. The SMILES string of the molecule is CC(C)CC1CCN(C(=O)C(CCC(=O)O)NC(=O)OCC2c3ccccc3-c3ccccc32)C1. The average molecular weight is 479 g/mol. The molecule has 7 nitrogen and oxygen atoms in total. The Labute approximate surface area is 206 Å². The van der Waals surface area contributed by atoms with E-state index in [1.54, 1.807) is 4.90 Å². The summed E-state index contributed by atoms with van der Waals surface area (Å²) in [6, 6.07) is 15.2. The molecule has 1 heterocycles. The second-order valence-corrected chi connectivity index (χ2v) is 10.0. The van der Waals surface area contributed by atoms with Gasteiger partial charge in [-0.15, -0.1) is 0 Å². The third-order valence-corrected chi connectivity index (χ3v) is 6.98. The zero-order chi connectivity index (χ0) is 24.9. The molecule has 4 rings (SSSR count). The molecule has 1 fully saturated rings. The quantitative estimate of drug-likeness (QED) is 0.547. The molecule has 2 aromatic carbocycles. The minimum Gasteiger partial charge on any atom is -0.481 e. The first-order valence-electron chi connectivity index (χ1n) is 12.5. The molecule has 2 amide bonds. The fourth-order valence-electron chi connectivity index (χ4n) is 5.42. The van der Waals surface area contributed by atoms with Crippen molar-refractivity contribution in [2.45, 2.75) is 51.5 Å². The molecule has 7 heteroatoms. The number of amides is 2. The summed E-state index contributed by atoms with van der Waals surface area (Å²) in [5.74, 6) is -0.329. The molecule has 186 valence electrons. The lowest BCUT2D eigenvalue weighted by atomic mass is 9.97. The third-order valence-electron chi connectivity index (χ3n) is 6.98. The standard InChI is InChI=1S/C28H34N2O5/c1-18(2)15-19-13-14-30(16-19)27(33)25(11-12-26(31)32)29-28(34)35-17-24-22-9-5-3-7-20(22)21-8-4-6-10-23(21)24/h3-10,18-19,24-25H,11-17H2,1-2H3,(H,29,34)(H,31,32). The summed E-state index contributed by atoms with van der Waals surface area (Å²) in [6.45, 7) is 5.75. The van der Waals surface area contributed by atoms with Crippen molar-refractivity contribution in [1.82, 2.24) is 10.2 Å². The number of carboxylic acid groups (broad SMARTS) is 1. The van der Waals surface area contributed by atoms with E-state index in [2.05, 4.69) is 31.3 Å². The number of rotatable bonds is 9. The lowest BCUT2D eigenvalue weighted by Gasteiger charge is -2.24. The largest absolute Gasteiger partial charge is 0.481 e. The van der Waals surface area contributed by atoms with E-state index in [0.29, 0.717) is 24.9 Å². The number of benzene rings is 2. The third kappa shape index (κ3) is 5.84. The van der Waals surface area contributed by atoms with E-state index in [4.69, 9.17) is 9.84 Å². The average Bonchev–Trinajstić information content (AvgIpc) is 3.42. The zero-order valence-corrected chi connectivity index (χ0v) is 20.4. The predicted octanol–water partition coefficient (Wildman–Crippen LogP) is 4.65. The van der Waals surface area contributed by atoms with Crippen molar-refractivity contribution < 1.29 is 24.2 Å². The van der Waals surface area contributed by atoms with Gasteiger partial charge < -0.3 is 20.1 Å². The van der Waals surface area contributed by atoms with Crippen molar-refractivity contribution in [1.29, 1.82) is 0 Å². The minimum absolute atomic E-state index is 0.0315. The number of carbonyl (C=O) groups is 3. The van der Waals surface area contributed by atoms with E-state index >= 15 is 0 Å². The predicted molar refractivity (Wildman–Crippen MR) is 133 cm³/mol. The maximum Gasteiger partial charge on any atom is 0.407 e. The number of carbonyl (C=O) groups excluding carboxylic acids is 2. The molecule has 2 atom stereocenters. The summed E-state index contributed by atoms with van der Waals surface area (Å²) in [5, 5.41) is 11.8. The van der Waals surface area contributed by atoms with Gasteiger partial charge in [-0.1, -0.05) is 62.4 Å². The number of nitrogens with zero attached hydrogens (tertiary/aromatic N) is 1. The van der Waals surface area contributed by atoms with Crippen LogP contribution in [-0.2, 0) is 14.3 Å². The molecule has 1 saturated heterocycles. The van der Waals surface area contributed by atoms with Crippen molar-refractivity contribution in [3.8, 4) is 11.1 Å². The lowest BCUT2D eigenvalue weighted by Crippen LogP contribution is -2.48. The van der Waals surface area contributed by atoms with E-state index in [0.717, 1.165) is 35.1 Å². The Morgan fingerprint density at radius 1 is 1.06 bits per heavy atom. The fraction of sp³-hybridized carbons (Fsp3) is 0.464. The molecular weight excluding hydrogens is 444 g/mol. The van der Waals surface area contributed by atoms with E-state index in [-0.39, 0.29) is 31.3 Å². The van der Waals surface area contributed by atoms with Gasteiger partial charge in [0.15, 0.2) is 0 Å². The molecule has 2 unspecified atom stereocenters. The van der Waals surface area contributed by atoms with Crippen LogP contribution in [0.15, 0.2) is 48.5 Å². The van der Waals surface area contributed by atoms with Crippen LogP contribution < -0.4 is 5.32 Å². The lowest BCUT2D eigenvalue weighted by molar-refractivity contribution is -0.137. The summed E-state index contributed by atoms with van der Waals surface area (Å²) >= 11 is 0. The van der Waals surface area contributed by atoms with Crippen LogP contribution in [0.1, 0.15) is 56.6 Å². The summed E-state index contributed by atoms with van der Waals surface area (Å²) in [5.41, 5.74) is 4.48. The Hall–Kier alpha value is -3.35. The van der Waals surface area contributed by atoms with Crippen LogP contribution in [0, 0.1) is 11.8 Å². The molecule has 1 aliphatic heterocycles. The van der Waals surface area contributed by atoms with Gasteiger partial charge in [0.25, 0.3) is 0 Å². The van der Waals surface area contributed by atoms with Gasteiger partial charge in [-0.3, -0.25) is 9.59 Å². The van der Waals surface area contributed by atoms with Crippen LogP contribution in [0.25, 0.3) is 11.1 Å². The summed E-state index contributed by atoms with van der Waals surface area (Å²) in [6.07, 6.45) is 1.10. The van der Waals surface area contributed by atoms with Gasteiger partial charge in [0, 0.05) is 25.4 Å². The molecule has 0 bridgehead atoms. The number of carboxylic acids is 1. The van der Waals surface area contributed by atoms with E-state index in [1.165, 1.54) is 0 Å². The summed E-state index contributed by atoms with van der Waals surface area (Å²) < 4.78 is 5.60. The Morgan fingerprint density at radius 3 is 2.29 bits per heavy atom. The van der Waals surface area contributed by atoms with Gasteiger partial charge in [0.05, 0.1) is 0 Å². The monoisotopic (exact) mass is 478 g/mol. The van der Waals surface area contributed by atoms with Crippen LogP contribution in [0.5, 0.6) is 0 Å². The highest BCUT2D eigenvalue weighted by molar-refractivity contribution is 5.86. The molecule has 35 heavy (non-hydrogen) atoms. The normalized spacial score (nSPS) is 17.7. The Kier molecular flexibility index (Phi) is 7.73. The summed E-state index contributed by atoms with van der Waals surface area (Å²) in [7, 11) is 0. The number of hydrogen-bond donors (Lipinski definition) is 2. The topological polar surface area (TPSA) is 95.9 Å². The van der Waals surface area contributed by atoms with Crippen molar-refractivity contribution in [3.05, 3.63) is 59.7 Å². The number of fused-ring (bicyclic) bond motifs is 3. The van der Waals surface area contributed by atoms with Crippen molar-refractivity contribution in [3.63, 3.8) is 0 Å². The van der Waals surface area contributed by atoms with Crippen LogP contribution >= 0.6 is 0 Å². The molecule has 1 aliphatic carbocycles. The molecule has 0 aromatic heterocycles. The second kappa shape index (κ2) is 10.9. The van der Waals surface area contributed by atoms with Crippen molar-refractivity contribution in [2.75, 3.05) is 19.7 Å². The first-order chi connectivity index (χ1) is 16.8. The fourth-order valence-corrected chi connectivity index (χ4v) is 5.42. The van der Waals surface area contributed by atoms with Gasteiger partial charge in [-0.25, -0.2) is 4.79 Å². The highest BCUT2D eigenvalue weighted by atomic mass is 16.5. The molecular formula is C28H34N2O5. The second-order valence-electron chi connectivity index (χ2n) is 10.0. The van der Waals surface area contributed by atoms with Crippen LogP contribution in [0.2, 0.25) is 0 Å². The minimum atomic E-state index is -1.00. The zero-order valence-electron chi connectivity index (χ0n) is 20.4. The smallest absolute Gasteiger partial charge is 0.407 e.